The fourth-order valence-corrected chi connectivity index (χ4v) is 3.09. The van der Waals surface area contributed by atoms with Crippen LogP contribution in [0.5, 0.6) is 0 Å². The fraction of sp³-hybridized carbons (Fsp3) is 0.647. The molecule has 0 spiro atoms. The smallest absolute Gasteiger partial charge is 0.399 e. The number of hydrogen-bond donors (Lipinski definition) is 0. The lowest BCUT2D eigenvalue weighted by atomic mass is 9.75. The number of benzene rings is 1. The quantitative estimate of drug-likeness (QED) is 0.802. The van der Waals surface area contributed by atoms with Crippen LogP contribution in [0, 0.1) is 5.82 Å². The van der Waals surface area contributed by atoms with Crippen LogP contribution in [-0.2, 0) is 15.9 Å². The van der Waals surface area contributed by atoms with Crippen LogP contribution in [0.2, 0.25) is 0 Å². The summed E-state index contributed by atoms with van der Waals surface area (Å²) in [7, 11) is -0.428. The highest BCUT2D eigenvalue weighted by atomic mass is 19.1. The molecule has 2 aliphatic rings. The van der Waals surface area contributed by atoms with Gasteiger partial charge in [-0.3, -0.25) is 4.90 Å². The molecule has 0 bridgehead atoms. The van der Waals surface area contributed by atoms with Gasteiger partial charge in [-0.1, -0.05) is 6.07 Å². The van der Waals surface area contributed by atoms with Crippen molar-refractivity contribution in [2.45, 2.75) is 58.3 Å². The van der Waals surface area contributed by atoms with Crippen molar-refractivity contribution in [2.75, 3.05) is 13.1 Å². The van der Waals surface area contributed by atoms with Crippen LogP contribution in [0.15, 0.2) is 18.2 Å². The van der Waals surface area contributed by atoms with Crippen LogP contribution >= 0.6 is 0 Å². The largest absolute Gasteiger partial charge is 0.495 e. The third kappa shape index (κ3) is 2.94. The molecular weight excluding hydrogens is 280 g/mol. The second-order valence-electron chi connectivity index (χ2n) is 7.41. The molecule has 0 saturated carbocycles. The zero-order chi connectivity index (χ0) is 16.0. The van der Waals surface area contributed by atoms with E-state index in [1.807, 2.05) is 33.8 Å². The van der Waals surface area contributed by atoms with Crippen molar-refractivity contribution < 1.29 is 13.7 Å². The molecule has 0 radical (unpaired) electrons. The third-order valence-corrected chi connectivity index (χ3v) is 5.20. The van der Waals surface area contributed by atoms with Crippen molar-refractivity contribution in [1.82, 2.24) is 4.90 Å². The molecule has 3 nitrogen and oxygen atoms in total. The van der Waals surface area contributed by atoms with Gasteiger partial charge in [0.15, 0.2) is 0 Å². The predicted octanol–water partition coefficient (Wildman–Crippen LogP) is 2.72. The van der Waals surface area contributed by atoms with Gasteiger partial charge in [0, 0.05) is 6.54 Å². The number of rotatable bonds is 3. The summed E-state index contributed by atoms with van der Waals surface area (Å²) in [5.41, 5.74) is 1.17. The molecule has 2 heterocycles. The maximum Gasteiger partial charge on any atom is 0.495 e. The summed E-state index contributed by atoms with van der Waals surface area (Å²) >= 11 is 0. The summed E-state index contributed by atoms with van der Waals surface area (Å²) in [5.74, 6) is -0.200. The number of nitrogens with zero attached hydrogens (tertiary/aromatic N) is 1. The Hall–Kier alpha value is -0.905. The van der Waals surface area contributed by atoms with Crippen LogP contribution in [0.4, 0.5) is 4.39 Å². The Bertz CT molecular complexity index is 540. The van der Waals surface area contributed by atoms with E-state index in [4.69, 9.17) is 9.31 Å². The van der Waals surface area contributed by atoms with Crippen molar-refractivity contribution in [3.05, 3.63) is 29.6 Å². The van der Waals surface area contributed by atoms with Gasteiger partial charge in [-0.15, -0.1) is 0 Å². The SMILES string of the molecule is CC1(C)OB(c2ccc(F)cc2CN2CCCC2)OC1(C)C. The maximum atomic E-state index is 13.7. The van der Waals surface area contributed by atoms with Gasteiger partial charge in [-0.05, 0) is 76.8 Å². The van der Waals surface area contributed by atoms with Crippen molar-refractivity contribution in [3.8, 4) is 0 Å². The molecule has 0 aliphatic carbocycles. The zero-order valence-corrected chi connectivity index (χ0v) is 14.0. The van der Waals surface area contributed by atoms with Crippen LogP contribution in [0.1, 0.15) is 46.1 Å². The maximum absolute atomic E-state index is 13.7. The second kappa shape index (κ2) is 5.62. The minimum atomic E-state index is -0.428. The van der Waals surface area contributed by atoms with E-state index in [1.54, 1.807) is 6.07 Å². The van der Waals surface area contributed by atoms with Crippen molar-refractivity contribution in [2.24, 2.45) is 0 Å². The Labute approximate surface area is 132 Å². The lowest BCUT2D eigenvalue weighted by Crippen LogP contribution is -2.41. The third-order valence-electron chi connectivity index (χ3n) is 5.20. The highest BCUT2D eigenvalue weighted by Crippen LogP contribution is 2.36. The Kier molecular flexibility index (Phi) is 4.08. The van der Waals surface area contributed by atoms with E-state index in [-0.39, 0.29) is 17.0 Å². The zero-order valence-electron chi connectivity index (χ0n) is 14.0. The number of hydrogen-bond acceptors (Lipinski definition) is 3. The molecule has 1 aromatic carbocycles. The van der Waals surface area contributed by atoms with E-state index in [0.29, 0.717) is 0 Å². The van der Waals surface area contributed by atoms with E-state index in [0.717, 1.165) is 30.7 Å². The van der Waals surface area contributed by atoms with E-state index in [2.05, 4.69) is 4.90 Å². The van der Waals surface area contributed by atoms with E-state index < -0.39 is 7.12 Å². The molecule has 0 atom stereocenters. The molecule has 2 saturated heterocycles. The average Bonchev–Trinajstić information content (AvgIpc) is 2.96. The summed E-state index contributed by atoms with van der Waals surface area (Å²) < 4.78 is 26.0. The monoisotopic (exact) mass is 305 g/mol. The molecule has 2 aliphatic heterocycles. The van der Waals surface area contributed by atoms with Crippen molar-refractivity contribution in [1.29, 1.82) is 0 Å². The molecule has 0 N–H and O–H groups in total. The molecule has 0 unspecified atom stereocenters. The molecule has 120 valence electrons. The Morgan fingerprint density at radius 1 is 1.09 bits per heavy atom. The highest BCUT2D eigenvalue weighted by molar-refractivity contribution is 6.62. The number of halogens is 1. The second-order valence-corrected chi connectivity index (χ2v) is 7.41. The van der Waals surface area contributed by atoms with Crippen LogP contribution in [0.3, 0.4) is 0 Å². The van der Waals surface area contributed by atoms with Gasteiger partial charge in [0.05, 0.1) is 11.2 Å². The highest BCUT2D eigenvalue weighted by Gasteiger charge is 2.52. The van der Waals surface area contributed by atoms with E-state index in [1.165, 1.54) is 18.9 Å². The fourth-order valence-electron chi connectivity index (χ4n) is 3.09. The molecule has 5 heteroatoms. The van der Waals surface area contributed by atoms with Crippen molar-refractivity contribution in [3.63, 3.8) is 0 Å². The van der Waals surface area contributed by atoms with Gasteiger partial charge in [0.25, 0.3) is 0 Å². The van der Waals surface area contributed by atoms with Crippen molar-refractivity contribution >= 4 is 12.6 Å². The normalized spacial score (nSPS) is 24.1. The molecule has 0 amide bonds. The molecule has 1 aromatic rings. The summed E-state index contributed by atoms with van der Waals surface area (Å²) in [6, 6.07) is 4.93. The van der Waals surface area contributed by atoms with Gasteiger partial charge in [-0.2, -0.15) is 0 Å². The van der Waals surface area contributed by atoms with Gasteiger partial charge >= 0.3 is 7.12 Å². The minimum absolute atomic E-state index is 0.200. The summed E-state index contributed by atoms with van der Waals surface area (Å²) in [5, 5.41) is 0. The Balaban J connectivity index is 1.87. The molecule has 2 fully saturated rings. The first-order valence-electron chi connectivity index (χ1n) is 8.15. The Morgan fingerprint density at radius 3 is 2.27 bits per heavy atom. The summed E-state index contributed by atoms with van der Waals surface area (Å²) in [6.07, 6.45) is 2.45. The Morgan fingerprint density at radius 2 is 1.68 bits per heavy atom. The standard InChI is InChI=1S/C17H25BFNO2/c1-16(2)17(3,4)22-18(21-16)15-8-7-14(19)11-13(15)12-20-9-5-6-10-20/h7-8,11H,5-6,9-10,12H2,1-4H3. The molecule has 3 rings (SSSR count). The van der Waals surface area contributed by atoms with Gasteiger partial charge in [0.2, 0.25) is 0 Å². The molecular formula is C17H25BFNO2. The number of likely N-dealkylation sites (tertiary alicyclic amines) is 1. The molecule has 0 aromatic heterocycles. The first-order valence-corrected chi connectivity index (χ1v) is 8.15. The molecule has 22 heavy (non-hydrogen) atoms. The predicted molar refractivity (Wildman–Crippen MR) is 86.6 cm³/mol. The van der Waals surface area contributed by atoms with Gasteiger partial charge in [0.1, 0.15) is 5.82 Å². The first kappa shape index (κ1) is 16.0. The lowest BCUT2D eigenvalue weighted by Gasteiger charge is -2.32. The van der Waals surface area contributed by atoms with E-state index >= 15 is 0 Å². The van der Waals surface area contributed by atoms with E-state index in [9.17, 15) is 4.39 Å². The average molecular weight is 305 g/mol. The van der Waals surface area contributed by atoms with Crippen LogP contribution in [0.25, 0.3) is 0 Å². The van der Waals surface area contributed by atoms with Gasteiger partial charge < -0.3 is 9.31 Å². The van der Waals surface area contributed by atoms with Crippen LogP contribution in [-0.4, -0.2) is 36.3 Å². The first-order chi connectivity index (χ1) is 10.3. The van der Waals surface area contributed by atoms with Crippen LogP contribution < -0.4 is 5.46 Å². The minimum Gasteiger partial charge on any atom is -0.399 e. The summed E-state index contributed by atoms with van der Waals surface area (Å²) in [4.78, 5) is 2.36. The topological polar surface area (TPSA) is 21.7 Å². The summed E-state index contributed by atoms with van der Waals surface area (Å²) in [6.45, 7) is 11.1. The lowest BCUT2D eigenvalue weighted by molar-refractivity contribution is 0.00578. The van der Waals surface area contributed by atoms with Gasteiger partial charge in [-0.25, -0.2) is 4.39 Å².